The Morgan fingerprint density at radius 1 is 1.12 bits per heavy atom. The molecule has 0 radical (unpaired) electrons. The largest absolute Gasteiger partial charge is 0.484 e. The molecule has 0 saturated heterocycles. The molecule has 1 N–H and O–H groups in total. The topological polar surface area (TPSA) is 64.6 Å². The lowest BCUT2D eigenvalue weighted by atomic mass is 10.2. The monoisotopic (exact) mass is 359 g/mol. The fourth-order valence-electron chi connectivity index (χ4n) is 2.02. The summed E-state index contributed by atoms with van der Waals surface area (Å²) in [6.07, 6.45) is 1.81. The summed E-state index contributed by atoms with van der Waals surface area (Å²) in [6.45, 7) is 3.48. The van der Waals surface area contributed by atoms with Gasteiger partial charge in [-0.15, -0.1) is 11.8 Å². The number of anilines is 1. The van der Waals surface area contributed by atoms with Crippen molar-refractivity contribution in [3.8, 4) is 5.75 Å². The normalized spacial score (nSPS) is 10.4. The third-order valence-electron chi connectivity index (χ3n) is 3.16. The van der Waals surface area contributed by atoms with Gasteiger partial charge >= 0.3 is 5.97 Å². The van der Waals surface area contributed by atoms with Crippen molar-refractivity contribution in [2.75, 3.05) is 18.2 Å². The Balaban J connectivity index is 1.86. The van der Waals surface area contributed by atoms with E-state index in [4.69, 9.17) is 9.47 Å². The van der Waals surface area contributed by atoms with Gasteiger partial charge in [-0.1, -0.05) is 6.07 Å². The van der Waals surface area contributed by atoms with Gasteiger partial charge in [0.25, 0.3) is 5.91 Å². The van der Waals surface area contributed by atoms with Gasteiger partial charge in [0.1, 0.15) is 5.75 Å². The lowest BCUT2D eigenvalue weighted by molar-refractivity contribution is -0.118. The molecule has 2 aromatic rings. The van der Waals surface area contributed by atoms with Crippen LogP contribution < -0.4 is 10.1 Å². The number of benzene rings is 2. The molecule has 1 amide bonds. The number of carbonyl (C=O) groups is 2. The lowest BCUT2D eigenvalue weighted by Gasteiger charge is -2.10. The fraction of sp³-hybridized carbons (Fsp3) is 0.263. The number of rotatable bonds is 7. The van der Waals surface area contributed by atoms with E-state index in [1.807, 2.05) is 30.5 Å². The van der Waals surface area contributed by atoms with Gasteiger partial charge in [0.05, 0.1) is 11.7 Å². The van der Waals surface area contributed by atoms with Gasteiger partial charge in [0, 0.05) is 10.6 Å². The molecule has 132 valence electrons. The summed E-state index contributed by atoms with van der Waals surface area (Å²) >= 11 is 1.61. The summed E-state index contributed by atoms with van der Waals surface area (Å²) in [5.74, 6) is -0.122. The Morgan fingerprint density at radius 2 is 1.84 bits per heavy atom. The summed E-state index contributed by atoms with van der Waals surface area (Å²) in [6, 6.07) is 14.1. The Bertz CT molecular complexity index is 728. The number of hydrogen-bond acceptors (Lipinski definition) is 5. The molecule has 0 aliphatic rings. The Morgan fingerprint density at radius 3 is 2.48 bits per heavy atom. The van der Waals surface area contributed by atoms with Gasteiger partial charge in [-0.3, -0.25) is 4.79 Å². The van der Waals surface area contributed by atoms with Crippen LogP contribution in [0.25, 0.3) is 0 Å². The smallest absolute Gasteiger partial charge is 0.338 e. The molecule has 6 heteroatoms. The van der Waals surface area contributed by atoms with Crippen LogP contribution in [0.2, 0.25) is 0 Å². The predicted octanol–water partition coefficient (Wildman–Crippen LogP) is 3.99. The summed E-state index contributed by atoms with van der Waals surface area (Å²) in [5, 5.41) is 2.79. The second-order valence-corrected chi connectivity index (χ2v) is 6.43. The lowest BCUT2D eigenvalue weighted by Crippen LogP contribution is -2.20. The van der Waals surface area contributed by atoms with Gasteiger partial charge in [0.15, 0.2) is 6.61 Å². The zero-order chi connectivity index (χ0) is 18.2. The highest BCUT2D eigenvalue weighted by atomic mass is 32.2. The maximum Gasteiger partial charge on any atom is 0.338 e. The molecule has 25 heavy (non-hydrogen) atoms. The van der Waals surface area contributed by atoms with Gasteiger partial charge in [-0.2, -0.15) is 0 Å². The standard InChI is InChI=1S/C19H21NO4S/c1-13(2)24-19(22)14-7-9-16(10-8-14)23-12-18(21)20-15-5-4-6-17(11-15)25-3/h4-11,13H,12H2,1-3H3,(H,20,21). The van der Waals surface area contributed by atoms with E-state index < -0.39 is 0 Å². The zero-order valence-corrected chi connectivity index (χ0v) is 15.3. The van der Waals surface area contributed by atoms with Crippen LogP contribution in [0.5, 0.6) is 5.75 Å². The highest BCUT2D eigenvalue weighted by Gasteiger charge is 2.09. The molecule has 0 atom stereocenters. The van der Waals surface area contributed by atoms with Crippen LogP contribution in [-0.4, -0.2) is 30.8 Å². The van der Waals surface area contributed by atoms with Gasteiger partial charge in [-0.05, 0) is 62.6 Å². The summed E-state index contributed by atoms with van der Waals surface area (Å²) in [4.78, 5) is 24.8. The van der Waals surface area contributed by atoms with Crippen molar-refractivity contribution in [3.63, 3.8) is 0 Å². The highest BCUT2D eigenvalue weighted by Crippen LogP contribution is 2.19. The van der Waals surface area contributed by atoms with Crippen molar-refractivity contribution in [1.29, 1.82) is 0 Å². The number of esters is 1. The average Bonchev–Trinajstić information content (AvgIpc) is 2.60. The molecule has 0 aliphatic carbocycles. The van der Waals surface area contributed by atoms with Crippen LogP contribution in [0.4, 0.5) is 5.69 Å². The highest BCUT2D eigenvalue weighted by molar-refractivity contribution is 7.98. The first-order valence-corrected chi connectivity index (χ1v) is 9.08. The minimum absolute atomic E-state index is 0.112. The second-order valence-electron chi connectivity index (χ2n) is 5.55. The minimum Gasteiger partial charge on any atom is -0.484 e. The SMILES string of the molecule is CSc1cccc(NC(=O)COc2ccc(C(=O)OC(C)C)cc2)c1. The van der Waals surface area contributed by atoms with Crippen LogP contribution in [-0.2, 0) is 9.53 Å². The van der Waals surface area contributed by atoms with Gasteiger partial charge in [-0.25, -0.2) is 4.79 Å². The van der Waals surface area contributed by atoms with Crippen LogP contribution in [0, 0.1) is 0 Å². The maximum atomic E-state index is 12.0. The van der Waals surface area contributed by atoms with Crippen LogP contribution in [0.3, 0.4) is 0 Å². The molecule has 0 aliphatic heterocycles. The first kappa shape index (κ1) is 18.9. The first-order valence-electron chi connectivity index (χ1n) is 7.85. The van der Waals surface area contributed by atoms with Crippen molar-refractivity contribution in [2.45, 2.75) is 24.8 Å². The van der Waals surface area contributed by atoms with E-state index in [0.29, 0.717) is 11.3 Å². The van der Waals surface area contributed by atoms with Crippen molar-refractivity contribution >= 4 is 29.3 Å². The molecule has 0 bridgehead atoms. The van der Waals surface area contributed by atoms with Gasteiger partial charge < -0.3 is 14.8 Å². The number of nitrogens with one attached hydrogen (secondary N) is 1. The Kier molecular flexibility index (Phi) is 6.89. The molecule has 0 heterocycles. The van der Waals surface area contributed by atoms with E-state index >= 15 is 0 Å². The average molecular weight is 359 g/mol. The third-order valence-corrected chi connectivity index (χ3v) is 3.88. The molecule has 0 fully saturated rings. The number of thioether (sulfide) groups is 1. The molecular formula is C19H21NO4S. The van der Waals surface area contributed by atoms with Crippen molar-refractivity contribution in [3.05, 3.63) is 54.1 Å². The van der Waals surface area contributed by atoms with E-state index in [0.717, 1.165) is 10.6 Å². The van der Waals surface area contributed by atoms with Crippen molar-refractivity contribution in [1.82, 2.24) is 0 Å². The molecule has 0 spiro atoms. The predicted molar refractivity (Wildman–Crippen MR) is 99.3 cm³/mol. The second kappa shape index (κ2) is 9.13. The van der Waals surface area contributed by atoms with Crippen LogP contribution >= 0.6 is 11.8 Å². The number of amides is 1. The van der Waals surface area contributed by atoms with E-state index in [1.165, 1.54) is 0 Å². The molecule has 5 nitrogen and oxygen atoms in total. The summed E-state index contributed by atoms with van der Waals surface area (Å²) < 4.78 is 10.6. The Hall–Kier alpha value is -2.47. The molecule has 0 aromatic heterocycles. The number of carbonyl (C=O) groups excluding carboxylic acids is 2. The van der Waals surface area contributed by atoms with Crippen molar-refractivity contribution < 1.29 is 19.1 Å². The molecule has 2 aromatic carbocycles. The molecular weight excluding hydrogens is 338 g/mol. The van der Waals surface area contributed by atoms with Crippen LogP contribution in [0.1, 0.15) is 24.2 Å². The fourth-order valence-corrected chi connectivity index (χ4v) is 2.48. The first-order chi connectivity index (χ1) is 12.0. The number of hydrogen-bond donors (Lipinski definition) is 1. The van der Waals surface area contributed by atoms with Crippen LogP contribution in [0.15, 0.2) is 53.4 Å². The van der Waals surface area contributed by atoms with E-state index in [-0.39, 0.29) is 24.6 Å². The van der Waals surface area contributed by atoms with Crippen molar-refractivity contribution in [2.24, 2.45) is 0 Å². The van der Waals surface area contributed by atoms with E-state index in [2.05, 4.69) is 5.32 Å². The van der Waals surface area contributed by atoms with Gasteiger partial charge in [0.2, 0.25) is 0 Å². The van der Waals surface area contributed by atoms with E-state index in [9.17, 15) is 9.59 Å². The molecule has 0 saturated carbocycles. The molecule has 2 rings (SSSR count). The quantitative estimate of drug-likeness (QED) is 0.598. The summed E-state index contributed by atoms with van der Waals surface area (Å²) in [7, 11) is 0. The maximum absolute atomic E-state index is 12.0. The zero-order valence-electron chi connectivity index (χ0n) is 14.4. The third kappa shape index (κ3) is 6.15. The Labute approximate surface area is 151 Å². The van der Waals surface area contributed by atoms with E-state index in [1.54, 1.807) is 49.9 Å². The molecule has 0 unspecified atom stereocenters. The minimum atomic E-state index is -0.382. The number of ether oxygens (including phenoxy) is 2. The summed E-state index contributed by atoms with van der Waals surface area (Å²) in [5.41, 5.74) is 1.17.